The van der Waals surface area contributed by atoms with Crippen molar-refractivity contribution < 1.29 is 4.79 Å². The van der Waals surface area contributed by atoms with Gasteiger partial charge in [0.05, 0.1) is 11.0 Å². The van der Waals surface area contributed by atoms with Crippen molar-refractivity contribution in [2.24, 2.45) is 0 Å². The molecule has 19 heavy (non-hydrogen) atoms. The molecule has 1 amide bonds. The molecule has 0 radical (unpaired) electrons. The van der Waals surface area contributed by atoms with Gasteiger partial charge < -0.3 is 10.6 Å². The molecule has 1 unspecified atom stereocenters. The summed E-state index contributed by atoms with van der Waals surface area (Å²) in [6.45, 7) is 3.13. The van der Waals surface area contributed by atoms with Crippen molar-refractivity contribution in [3.8, 4) is 0 Å². The van der Waals surface area contributed by atoms with E-state index in [1.54, 1.807) is 11.3 Å². The number of hydrogen-bond acceptors (Lipinski definition) is 3. The number of hydrogen-bond donors (Lipinski definition) is 2. The summed E-state index contributed by atoms with van der Waals surface area (Å²) in [5, 5.41) is 7.55. The minimum atomic E-state index is 0.00674. The third kappa shape index (κ3) is 2.70. The summed E-state index contributed by atoms with van der Waals surface area (Å²) in [7, 11) is 0. The van der Waals surface area contributed by atoms with E-state index in [2.05, 4.69) is 17.6 Å². The number of carbonyl (C=O) groups is 1. The summed E-state index contributed by atoms with van der Waals surface area (Å²) in [6, 6.07) is 0.00674. The summed E-state index contributed by atoms with van der Waals surface area (Å²) in [5.74, 6) is 0.154. The highest BCUT2D eigenvalue weighted by Crippen LogP contribution is 2.37. The molecule has 3 rings (SSSR count). The fourth-order valence-electron chi connectivity index (χ4n) is 3.12. The maximum absolute atomic E-state index is 12.3. The first-order valence-electron chi connectivity index (χ1n) is 7.41. The second-order valence-corrected chi connectivity index (χ2v) is 6.76. The molecule has 2 N–H and O–H groups in total. The first-order valence-corrected chi connectivity index (χ1v) is 8.23. The van der Waals surface area contributed by atoms with E-state index in [0.29, 0.717) is 0 Å². The van der Waals surface area contributed by atoms with Crippen LogP contribution in [0.5, 0.6) is 0 Å². The highest BCUT2D eigenvalue weighted by molar-refractivity contribution is 7.16. The molecule has 0 spiro atoms. The Bertz CT molecular complexity index is 475. The first kappa shape index (κ1) is 13.1. The van der Waals surface area contributed by atoms with Gasteiger partial charge in [-0.1, -0.05) is 6.42 Å². The van der Waals surface area contributed by atoms with Crippen LogP contribution < -0.4 is 10.6 Å². The van der Waals surface area contributed by atoms with Gasteiger partial charge in [0.2, 0.25) is 5.91 Å². The average molecular weight is 278 g/mol. The zero-order chi connectivity index (χ0) is 13.2. The molecule has 104 valence electrons. The Balaban J connectivity index is 1.72. The van der Waals surface area contributed by atoms with Crippen molar-refractivity contribution in [3.63, 3.8) is 0 Å². The average Bonchev–Trinajstić information content (AvgIpc) is 2.77. The van der Waals surface area contributed by atoms with Gasteiger partial charge in [-0.3, -0.25) is 4.79 Å². The lowest BCUT2D eigenvalue weighted by Crippen LogP contribution is -2.43. The largest absolute Gasteiger partial charge is 0.316 e. The van der Waals surface area contributed by atoms with Crippen LogP contribution in [0.25, 0.3) is 0 Å². The smallest absolute Gasteiger partial charge is 0.242 e. The predicted octanol–water partition coefficient (Wildman–Crippen LogP) is 3.02. The van der Waals surface area contributed by atoms with E-state index in [0.717, 1.165) is 24.4 Å². The number of fused-ring (bicyclic) bond motifs is 1. The van der Waals surface area contributed by atoms with E-state index in [1.807, 2.05) is 0 Å². The van der Waals surface area contributed by atoms with Gasteiger partial charge in [0.1, 0.15) is 0 Å². The van der Waals surface area contributed by atoms with Crippen LogP contribution in [0.15, 0.2) is 0 Å². The van der Waals surface area contributed by atoms with Crippen molar-refractivity contribution >= 4 is 22.2 Å². The normalized spacial score (nSPS) is 22.9. The Labute approximate surface area is 118 Å². The van der Waals surface area contributed by atoms with Gasteiger partial charge in [-0.2, -0.15) is 0 Å². The minimum absolute atomic E-state index is 0.00674. The van der Waals surface area contributed by atoms with E-state index in [1.165, 1.54) is 48.1 Å². The van der Waals surface area contributed by atoms with Gasteiger partial charge in [-0.05, 0) is 63.1 Å². The Morgan fingerprint density at radius 3 is 2.84 bits per heavy atom. The maximum Gasteiger partial charge on any atom is 0.242 e. The van der Waals surface area contributed by atoms with Crippen LogP contribution in [0.4, 0.5) is 5.00 Å². The third-order valence-corrected chi connectivity index (χ3v) is 5.61. The Morgan fingerprint density at radius 2 is 2.11 bits per heavy atom. The van der Waals surface area contributed by atoms with Gasteiger partial charge in [0.25, 0.3) is 0 Å². The molecule has 2 heterocycles. The lowest BCUT2D eigenvalue weighted by atomic mass is 9.96. The molecule has 1 atom stereocenters. The molecule has 1 aromatic heterocycles. The lowest BCUT2D eigenvalue weighted by molar-refractivity contribution is -0.118. The molecule has 0 aromatic carbocycles. The molecule has 4 heteroatoms. The van der Waals surface area contributed by atoms with Crippen molar-refractivity contribution in [3.05, 3.63) is 16.0 Å². The lowest BCUT2D eigenvalue weighted by Gasteiger charge is -2.22. The third-order valence-electron chi connectivity index (χ3n) is 4.30. The number of piperidine rings is 1. The maximum atomic E-state index is 12.3. The minimum Gasteiger partial charge on any atom is -0.316 e. The van der Waals surface area contributed by atoms with Crippen molar-refractivity contribution in [1.82, 2.24) is 5.32 Å². The molecule has 1 aromatic rings. The highest BCUT2D eigenvalue weighted by atomic mass is 32.1. The molecule has 1 aliphatic carbocycles. The van der Waals surface area contributed by atoms with Gasteiger partial charge in [-0.25, -0.2) is 0 Å². The number of rotatable bonds is 2. The fraction of sp³-hybridized carbons (Fsp3) is 0.667. The van der Waals surface area contributed by atoms with Crippen LogP contribution in [0.3, 0.4) is 0 Å². The van der Waals surface area contributed by atoms with Crippen LogP contribution >= 0.6 is 11.3 Å². The Morgan fingerprint density at radius 1 is 1.26 bits per heavy atom. The zero-order valence-corrected chi connectivity index (χ0v) is 12.4. The first-order chi connectivity index (χ1) is 9.25. The Kier molecular flexibility index (Phi) is 3.89. The summed E-state index contributed by atoms with van der Waals surface area (Å²) >= 11 is 1.79. The van der Waals surface area contributed by atoms with E-state index < -0.39 is 0 Å². The second kappa shape index (κ2) is 5.63. The molecular formula is C15H22N2OS. The molecule has 0 saturated carbocycles. The molecule has 1 saturated heterocycles. The van der Waals surface area contributed by atoms with E-state index in [4.69, 9.17) is 0 Å². The van der Waals surface area contributed by atoms with Gasteiger partial charge in [-0.15, -0.1) is 11.3 Å². The van der Waals surface area contributed by atoms with Crippen LogP contribution in [0, 0.1) is 6.92 Å². The highest BCUT2D eigenvalue weighted by Gasteiger charge is 2.23. The summed E-state index contributed by atoms with van der Waals surface area (Å²) in [6.07, 6.45) is 8.29. The number of aryl methyl sites for hydroxylation is 1. The summed E-state index contributed by atoms with van der Waals surface area (Å²) in [5.41, 5.74) is 2.81. The SMILES string of the molecule is Cc1c(NC(=O)C2CCCCN2)sc2c1CCCC2. The van der Waals surface area contributed by atoms with Gasteiger partial charge in [0, 0.05) is 4.88 Å². The standard InChI is InChI=1S/C15H22N2OS/c1-10-11-6-2-3-8-13(11)19-15(10)17-14(18)12-7-4-5-9-16-12/h12,16H,2-9H2,1H3,(H,17,18). The van der Waals surface area contributed by atoms with E-state index in [-0.39, 0.29) is 11.9 Å². The fourth-order valence-corrected chi connectivity index (χ4v) is 4.42. The zero-order valence-electron chi connectivity index (χ0n) is 11.6. The summed E-state index contributed by atoms with van der Waals surface area (Å²) in [4.78, 5) is 13.8. The number of amides is 1. The molecule has 0 bridgehead atoms. The van der Waals surface area contributed by atoms with Crippen molar-refractivity contribution in [2.45, 2.75) is 57.9 Å². The number of carbonyl (C=O) groups excluding carboxylic acids is 1. The van der Waals surface area contributed by atoms with Crippen LogP contribution in [0.1, 0.15) is 48.1 Å². The van der Waals surface area contributed by atoms with Gasteiger partial charge in [0.15, 0.2) is 0 Å². The molecule has 3 nitrogen and oxygen atoms in total. The predicted molar refractivity (Wildman–Crippen MR) is 80.0 cm³/mol. The number of thiophene rings is 1. The van der Waals surface area contributed by atoms with E-state index >= 15 is 0 Å². The number of nitrogens with one attached hydrogen (secondary N) is 2. The van der Waals surface area contributed by atoms with Crippen molar-refractivity contribution in [2.75, 3.05) is 11.9 Å². The Hall–Kier alpha value is -0.870. The van der Waals surface area contributed by atoms with Crippen LogP contribution in [0.2, 0.25) is 0 Å². The monoisotopic (exact) mass is 278 g/mol. The quantitative estimate of drug-likeness (QED) is 0.873. The molecule has 2 aliphatic rings. The van der Waals surface area contributed by atoms with E-state index in [9.17, 15) is 4.79 Å². The summed E-state index contributed by atoms with van der Waals surface area (Å²) < 4.78 is 0. The van der Waals surface area contributed by atoms with Crippen LogP contribution in [-0.2, 0) is 17.6 Å². The molecule has 1 fully saturated rings. The van der Waals surface area contributed by atoms with Crippen LogP contribution in [-0.4, -0.2) is 18.5 Å². The van der Waals surface area contributed by atoms with Gasteiger partial charge >= 0.3 is 0 Å². The molecular weight excluding hydrogens is 256 g/mol. The molecule has 1 aliphatic heterocycles. The second-order valence-electron chi connectivity index (χ2n) is 5.66. The number of anilines is 1. The van der Waals surface area contributed by atoms with Crippen molar-refractivity contribution in [1.29, 1.82) is 0 Å². The topological polar surface area (TPSA) is 41.1 Å².